The Bertz CT molecular complexity index is 271. The smallest absolute Gasteiger partial charge is 0.223 e. The number of nitrogens with one attached hydrogen (secondary N) is 1. The molecule has 1 amide bonds. The minimum Gasteiger partial charge on any atom is -0.388 e. The molecule has 0 spiro atoms. The van der Waals surface area contributed by atoms with Crippen molar-refractivity contribution >= 4 is 5.91 Å². The highest BCUT2D eigenvalue weighted by atomic mass is 16.3. The molecule has 0 atom stereocenters. The molecule has 4 heteroatoms. The van der Waals surface area contributed by atoms with E-state index in [0.717, 1.165) is 32.2 Å². The normalized spacial score (nSPS) is 22.7. The molecule has 0 aliphatic heterocycles. The Balaban J connectivity index is 1.66. The van der Waals surface area contributed by atoms with E-state index in [1.165, 1.54) is 12.8 Å². The maximum atomic E-state index is 11.8. The first kappa shape index (κ1) is 12.8. The van der Waals surface area contributed by atoms with Gasteiger partial charge in [-0.3, -0.25) is 4.79 Å². The van der Waals surface area contributed by atoms with Crippen LogP contribution in [0.4, 0.5) is 0 Å². The second-order valence-corrected chi connectivity index (χ2v) is 5.66. The molecule has 17 heavy (non-hydrogen) atoms. The van der Waals surface area contributed by atoms with Gasteiger partial charge < -0.3 is 15.3 Å². The Morgan fingerprint density at radius 3 is 2.65 bits per heavy atom. The van der Waals surface area contributed by atoms with E-state index >= 15 is 0 Å². The summed E-state index contributed by atoms with van der Waals surface area (Å²) in [6.45, 7) is 1.27. The van der Waals surface area contributed by atoms with Gasteiger partial charge in [-0.05, 0) is 25.7 Å². The molecular weight excluding hydrogens is 216 g/mol. The van der Waals surface area contributed by atoms with Crippen molar-refractivity contribution in [3.63, 3.8) is 0 Å². The van der Waals surface area contributed by atoms with Gasteiger partial charge in [-0.2, -0.15) is 0 Å². The maximum absolute atomic E-state index is 11.8. The van der Waals surface area contributed by atoms with Crippen LogP contribution in [-0.4, -0.2) is 47.7 Å². The molecule has 2 N–H and O–H groups in total. The lowest BCUT2D eigenvalue weighted by Crippen LogP contribution is -2.42. The number of aliphatic hydroxyl groups is 1. The third kappa shape index (κ3) is 3.96. The number of rotatable bonds is 6. The SMILES string of the molecule is CN(CC1(O)CCCC1)C(=O)CCNC1CC1. The van der Waals surface area contributed by atoms with E-state index in [2.05, 4.69) is 5.32 Å². The van der Waals surface area contributed by atoms with Gasteiger partial charge in [0, 0.05) is 32.6 Å². The third-order valence-electron chi connectivity index (χ3n) is 3.84. The van der Waals surface area contributed by atoms with Gasteiger partial charge in [0.15, 0.2) is 0 Å². The van der Waals surface area contributed by atoms with Crippen LogP contribution in [0.3, 0.4) is 0 Å². The van der Waals surface area contributed by atoms with Gasteiger partial charge in [-0.25, -0.2) is 0 Å². The highest BCUT2D eigenvalue weighted by Gasteiger charge is 2.33. The average Bonchev–Trinajstić information content (AvgIpc) is 3.00. The monoisotopic (exact) mass is 240 g/mol. The Hall–Kier alpha value is -0.610. The summed E-state index contributed by atoms with van der Waals surface area (Å²) in [5, 5.41) is 13.6. The lowest BCUT2D eigenvalue weighted by atomic mass is 10.0. The minimum atomic E-state index is -0.617. The van der Waals surface area contributed by atoms with Crippen molar-refractivity contribution in [2.75, 3.05) is 20.1 Å². The summed E-state index contributed by atoms with van der Waals surface area (Å²) >= 11 is 0. The molecular formula is C13H24N2O2. The van der Waals surface area contributed by atoms with Crippen molar-refractivity contribution < 1.29 is 9.90 Å². The summed E-state index contributed by atoms with van der Waals surface area (Å²) in [5.74, 6) is 0.137. The van der Waals surface area contributed by atoms with Gasteiger partial charge in [0.1, 0.15) is 0 Å². The summed E-state index contributed by atoms with van der Waals surface area (Å²) in [4.78, 5) is 13.5. The molecule has 0 aromatic carbocycles. The first-order valence-corrected chi connectivity index (χ1v) is 6.79. The maximum Gasteiger partial charge on any atom is 0.223 e. The lowest BCUT2D eigenvalue weighted by molar-refractivity contribution is -0.133. The fourth-order valence-electron chi connectivity index (χ4n) is 2.58. The summed E-state index contributed by atoms with van der Waals surface area (Å²) in [6, 6.07) is 0.659. The van der Waals surface area contributed by atoms with Gasteiger partial charge >= 0.3 is 0 Å². The van der Waals surface area contributed by atoms with E-state index in [1.54, 1.807) is 11.9 Å². The van der Waals surface area contributed by atoms with Gasteiger partial charge in [0.05, 0.1) is 5.60 Å². The fourth-order valence-corrected chi connectivity index (χ4v) is 2.58. The van der Waals surface area contributed by atoms with Crippen LogP contribution >= 0.6 is 0 Å². The molecule has 0 aromatic heterocycles. The molecule has 0 heterocycles. The van der Waals surface area contributed by atoms with Crippen LogP contribution in [0.5, 0.6) is 0 Å². The van der Waals surface area contributed by atoms with E-state index < -0.39 is 5.60 Å². The number of likely N-dealkylation sites (N-methyl/N-ethyl adjacent to an activating group) is 1. The number of amides is 1. The van der Waals surface area contributed by atoms with Crippen molar-refractivity contribution in [1.82, 2.24) is 10.2 Å². The van der Waals surface area contributed by atoms with Gasteiger partial charge in [-0.15, -0.1) is 0 Å². The van der Waals surface area contributed by atoms with Gasteiger partial charge in [0.25, 0.3) is 0 Å². The predicted octanol–water partition coefficient (Wildman–Crippen LogP) is 0.892. The number of carbonyl (C=O) groups excluding carboxylic acids is 1. The fraction of sp³-hybridized carbons (Fsp3) is 0.923. The standard InChI is InChI=1S/C13H24N2O2/c1-15(10-13(17)7-2-3-8-13)12(16)6-9-14-11-4-5-11/h11,14,17H,2-10H2,1H3. The summed E-state index contributed by atoms with van der Waals surface area (Å²) in [7, 11) is 1.80. The largest absolute Gasteiger partial charge is 0.388 e. The molecule has 2 rings (SSSR count). The van der Waals surface area contributed by atoms with E-state index in [0.29, 0.717) is 19.0 Å². The second kappa shape index (κ2) is 5.36. The highest BCUT2D eigenvalue weighted by Crippen LogP contribution is 2.29. The summed E-state index contributed by atoms with van der Waals surface area (Å²) < 4.78 is 0. The van der Waals surface area contributed by atoms with Crippen LogP contribution in [0.15, 0.2) is 0 Å². The molecule has 2 aliphatic rings. The quantitative estimate of drug-likeness (QED) is 0.725. The minimum absolute atomic E-state index is 0.137. The van der Waals surface area contributed by atoms with Crippen LogP contribution < -0.4 is 5.32 Å². The third-order valence-corrected chi connectivity index (χ3v) is 3.84. The molecule has 0 saturated heterocycles. The van der Waals surface area contributed by atoms with Crippen LogP contribution in [0.1, 0.15) is 44.9 Å². The van der Waals surface area contributed by atoms with Crippen LogP contribution in [0, 0.1) is 0 Å². The van der Waals surface area contributed by atoms with Crippen molar-refractivity contribution in [3.8, 4) is 0 Å². The zero-order valence-corrected chi connectivity index (χ0v) is 10.7. The van der Waals surface area contributed by atoms with Crippen LogP contribution in [-0.2, 0) is 4.79 Å². The van der Waals surface area contributed by atoms with Crippen molar-refractivity contribution in [2.24, 2.45) is 0 Å². The van der Waals surface area contributed by atoms with Crippen molar-refractivity contribution in [3.05, 3.63) is 0 Å². The number of hydrogen-bond donors (Lipinski definition) is 2. The molecule has 2 aliphatic carbocycles. The summed E-state index contributed by atoms with van der Waals surface area (Å²) in [5.41, 5.74) is -0.617. The Kier molecular flexibility index (Phi) is 4.05. The molecule has 98 valence electrons. The first-order valence-electron chi connectivity index (χ1n) is 6.79. The molecule has 2 saturated carbocycles. The van der Waals surface area contributed by atoms with Crippen LogP contribution in [0.25, 0.3) is 0 Å². The molecule has 0 bridgehead atoms. The molecule has 2 fully saturated rings. The Labute approximate surface area is 103 Å². The number of carbonyl (C=O) groups is 1. The zero-order chi connectivity index (χ0) is 12.3. The Morgan fingerprint density at radius 2 is 2.06 bits per heavy atom. The second-order valence-electron chi connectivity index (χ2n) is 5.66. The highest BCUT2D eigenvalue weighted by molar-refractivity contribution is 5.76. The van der Waals surface area contributed by atoms with E-state index in [4.69, 9.17) is 0 Å². The molecule has 0 unspecified atom stereocenters. The van der Waals surface area contributed by atoms with Gasteiger partial charge in [-0.1, -0.05) is 12.8 Å². The van der Waals surface area contributed by atoms with Crippen molar-refractivity contribution in [2.45, 2.75) is 56.6 Å². The lowest BCUT2D eigenvalue weighted by Gasteiger charge is -2.28. The Morgan fingerprint density at radius 1 is 1.41 bits per heavy atom. The van der Waals surface area contributed by atoms with Gasteiger partial charge in [0.2, 0.25) is 5.91 Å². The molecule has 0 radical (unpaired) electrons. The van der Waals surface area contributed by atoms with Crippen LogP contribution in [0.2, 0.25) is 0 Å². The molecule has 0 aromatic rings. The molecule has 4 nitrogen and oxygen atoms in total. The number of hydrogen-bond acceptors (Lipinski definition) is 3. The first-order chi connectivity index (χ1) is 8.09. The average molecular weight is 240 g/mol. The van der Waals surface area contributed by atoms with E-state index in [9.17, 15) is 9.90 Å². The number of nitrogens with zero attached hydrogens (tertiary/aromatic N) is 1. The predicted molar refractivity (Wildman–Crippen MR) is 66.7 cm³/mol. The topological polar surface area (TPSA) is 52.6 Å². The van der Waals surface area contributed by atoms with E-state index in [1.807, 2.05) is 0 Å². The summed E-state index contributed by atoms with van der Waals surface area (Å²) in [6.07, 6.45) is 6.90. The zero-order valence-electron chi connectivity index (χ0n) is 10.7. The van der Waals surface area contributed by atoms with Crippen molar-refractivity contribution in [1.29, 1.82) is 0 Å². The van der Waals surface area contributed by atoms with E-state index in [-0.39, 0.29) is 5.91 Å².